The van der Waals surface area contributed by atoms with Gasteiger partial charge < -0.3 is 5.73 Å². The molecule has 2 N–H and O–H groups in total. The zero-order valence-corrected chi connectivity index (χ0v) is 13.5. The number of pyridine rings is 2. The summed E-state index contributed by atoms with van der Waals surface area (Å²) in [6, 6.07) is 6.62. The highest BCUT2D eigenvalue weighted by molar-refractivity contribution is 5.76. The SMILES string of the molecule is Nc1ncc(-c2cccnc2)cc1-c1nnnn1-c1c(F)ccc(F)c1F. The first-order valence-electron chi connectivity index (χ1n) is 7.65. The number of anilines is 1. The van der Waals surface area contributed by atoms with Gasteiger partial charge >= 0.3 is 0 Å². The lowest BCUT2D eigenvalue weighted by Crippen LogP contribution is -2.08. The van der Waals surface area contributed by atoms with E-state index in [0.717, 1.165) is 16.3 Å². The van der Waals surface area contributed by atoms with Gasteiger partial charge in [-0.3, -0.25) is 4.98 Å². The quantitative estimate of drug-likeness (QED) is 0.558. The number of benzene rings is 1. The van der Waals surface area contributed by atoms with Gasteiger partial charge in [0.1, 0.15) is 11.5 Å². The number of hydrogen-bond donors (Lipinski definition) is 1. The van der Waals surface area contributed by atoms with Crippen molar-refractivity contribution in [3.05, 3.63) is 66.4 Å². The molecule has 0 spiro atoms. The molecular formula is C17H10F3N7. The predicted octanol–water partition coefficient (Wildman–Crippen LogP) is 2.79. The van der Waals surface area contributed by atoms with Crippen LogP contribution in [0, 0.1) is 17.5 Å². The van der Waals surface area contributed by atoms with Crippen LogP contribution in [-0.2, 0) is 0 Å². The van der Waals surface area contributed by atoms with Crippen molar-refractivity contribution >= 4 is 5.82 Å². The van der Waals surface area contributed by atoms with E-state index in [0.29, 0.717) is 11.6 Å². The van der Waals surface area contributed by atoms with E-state index in [1.54, 1.807) is 30.6 Å². The third kappa shape index (κ3) is 2.86. The standard InChI is InChI=1S/C17H10F3N7/c18-12-3-4-13(19)15(14(12)20)27-17(24-25-26-27)11-6-10(8-23-16(11)21)9-2-1-5-22-7-9/h1-8H,(H2,21,23). The number of nitrogens with two attached hydrogens (primary N) is 1. The smallest absolute Gasteiger partial charge is 0.191 e. The van der Waals surface area contributed by atoms with E-state index in [9.17, 15) is 13.2 Å². The molecule has 0 aliphatic rings. The Morgan fingerprint density at radius 3 is 2.56 bits per heavy atom. The van der Waals surface area contributed by atoms with Gasteiger partial charge in [-0.1, -0.05) is 6.07 Å². The Bertz CT molecular complexity index is 1130. The summed E-state index contributed by atoms with van der Waals surface area (Å²) in [6.45, 7) is 0. The van der Waals surface area contributed by atoms with Crippen LogP contribution < -0.4 is 5.73 Å². The maximum absolute atomic E-state index is 14.2. The van der Waals surface area contributed by atoms with Gasteiger partial charge in [0.05, 0.1) is 5.56 Å². The van der Waals surface area contributed by atoms with Gasteiger partial charge in [0.15, 0.2) is 23.3 Å². The molecule has 3 aromatic heterocycles. The molecule has 3 heterocycles. The minimum Gasteiger partial charge on any atom is -0.383 e. The Morgan fingerprint density at radius 1 is 0.963 bits per heavy atom. The van der Waals surface area contributed by atoms with Crippen LogP contribution in [0.3, 0.4) is 0 Å². The zero-order chi connectivity index (χ0) is 19.0. The average Bonchev–Trinajstić information content (AvgIpc) is 3.15. The number of halogens is 3. The van der Waals surface area contributed by atoms with E-state index < -0.39 is 23.1 Å². The van der Waals surface area contributed by atoms with E-state index in [1.165, 1.54) is 6.20 Å². The van der Waals surface area contributed by atoms with Crippen LogP contribution in [0.5, 0.6) is 0 Å². The van der Waals surface area contributed by atoms with Crippen molar-refractivity contribution in [1.82, 2.24) is 30.2 Å². The van der Waals surface area contributed by atoms with E-state index in [4.69, 9.17) is 5.73 Å². The van der Waals surface area contributed by atoms with Gasteiger partial charge in [-0.2, -0.15) is 4.68 Å². The number of nitrogen functional groups attached to an aromatic ring is 1. The molecule has 0 unspecified atom stereocenters. The Hall–Kier alpha value is -3.82. The van der Waals surface area contributed by atoms with Crippen LogP contribution in [0.2, 0.25) is 0 Å². The molecule has 10 heteroatoms. The van der Waals surface area contributed by atoms with E-state index >= 15 is 0 Å². The zero-order valence-electron chi connectivity index (χ0n) is 13.5. The fourth-order valence-corrected chi connectivity index (χ4v) is 2.56. The second kappa shape index (κ2) is 6.48. The number of nitrogens with zero attached hydrogens (tertiary/aromatic N) is 6. The summed E-state index contributed by atoms with van der Waals surface area (Å²) in [4.78, 5) is 8.12. The number of aromatic nitrogens is 6. The summed E-state index contributed by atoms with van der Waals surface area (Å²) in [5.74, 6) is -3.73. The summed E-state index contributed by atoms with van der Waals surface area (Å²) in [7, 11) is 0. The Balaban J connectivity index is 1.91. The molecule has 0 fully saturated rings. The third-order valence-corrected chi connectivity index (χ3v) is 3.86. The first kappa shape index (κ1) is 16.6. The van der Waals surface area contributed by atoms with Crippen molar-refractivity contribution in [2.75, 3.05) is 5.73 Å². The van der Waals surface area contributed by atoms with Gasteiger partial charge in [-0.05, 0) is 34.7 Å². The van der Waals surface area contributed by atoms with Crippen LogP contribution in [0.25, 0.3) is 28.2 Å². The Morgan fingerprint density at radius 2 is 1.78 bits per heavy atom. The maximum Gasteiger partial charge on any atom is 0.191 e. The van der Waals surface area contributed by atoms with Crippen molar-refractivity contribution < 1.29 is 13.2 Å². The van der Waals surface area contributed by atoms with Crippen LogP contribution in [-0.4, -0.2) is 30.2 Å². The summed E-state index contributed by atoms with van der Waals surface area (Å²) in [5, 5.41) is 10.8. The fraction of sp³-hybridized carbons (Fsp3) is 0. The number of rotatable bonds is 3. The topological polar surface area (TPSA) is 95.4 Å². The molecular weight excluding hydrogens is 359 g/mol. The second-order valence-electron chi connectivity index (χ2n) is 5.50. The molecule has 4 aromatic rings. The minimum atomic E-state index is -1.42. The largest absolute Gasteiger partial charge is 0.383 e. The highest BCUT2D eigenvalue weighted by atomic mass is 19.2. The lowest BCUT2D eigenvalue weighted by molar-refractivity contribution is 0.483. The van der Waals surface area contributed by atoms with E-state index in [1.807, 2.05) is 0 Å². The molecule has 0 aliphatic heterocycles. The van der Waals surface area contributed by atoms with Gasteiger partial charge in [-0.25, -0.2) is 18.2 Å². The fourth-order valence-electron chi connectivity index (χ4n) is 2.56. The lowest BCUT2D eigenvalue weighted by Gasteiger charge is -2.10. The Labute approximate surface area is 150 Å². The van der Waals surface area contributed by atoms with Crippen LogP contribution in [0.1, 0.15) is 0 Å². The summed E-state index contributed by atoms with van der Waals surface area (Å²) in [6.07, 6.45) is 4.75. The van der Waals surface area contributed by atoms with Crippen molar-refractivity contribution in [2.45, 2.75) is 0 Å². The molecule has 0 saturated heterocycles. The highest BCUT2D eigenvalue weighted by Crippen LogP contribution is 2.30. The molecule has 0 atom stereocenters. The molecule has 4 rings (SSSR count). The van der Waals surface area contributed by atoms with Crippen LogP contribution >= 0.6 is 0 Å². The van der Waals surface area contributed by atoms with E-state index in [2.05, 4.69) is 25.5 Å². The minimum absolute atomic E-state index is 0.0379. The predicted molar refractivity (Wildman–Crippen MR) is 89.9 cm³/mol. The molecule has 0 bridgehead atoms. The molecule has 7 nitrogen and oxygen atoms in total. The summed E-state index contributed by atoms with van der Waals surface area (Å²) >= 11 is 0. The molecule has 0 radical (unpaired) electrons. The van der Waals surface area contributed by atoms with Gasteiger partial charge in [0.2, 0.25) is 0 Å². The third-order valence-electron chi connectivity index (χ3n) is 3.86. The molecule has 134 valence electrons. The summed E-state index contributed by atoms with van der Waals surface area (Å²) in [5.41, 5.74) is 6.78. The van der Waals surface area contributed by atoms with Crippen molar-refractivity contribution in [2.24, 2.45) is 0 Å². The normalized spacial score (nSPS) is 10.9. The lowest BCUT2D eigenvalue weighted by atomic mass is 10.1. The summed E-state index contributed by atoms with van der Waals surface area (Å²) < 4.78 is 42.7. The molecule has 27 heavy (non-hydrogen) atoms. The first-order chi connectivity index (χ1) is 13.1. The van der Waals surface area contributed by atoms with Gasteiger partial charge in [0.25, 0.3) is 0 Å². The monoisotopic (exact) mass is 369 g/mol. The number of hydrogen-bond acceptors (Lipinski definition) is 6. The van der Waals surface area contributed by atoms with Gasteiger partial charge in [0, 0.05) is 29.7 Å². The maximum atomic E-state index is 14.2. The van der Waals surface area contributed by atoms with Gasteiger partial charge in [-0.15, -0.1) is 5.10 Å². The first-order valence-corrected chi connectivity index (χ1v) is 7.65. The van der Waals surface area contributed by atoms with Crippen molar-refractivity contribution in [1.29, 1.82) is 0 Å². The second-order valence-corrected chi connectivity index (χ2v) is 5.50. The average molecular weight is 369 g/mol. The molecule has 0 amide bonds. The van der Waals surface area contributed by atoms with E-state index in [-0.39, 0.29) is 17.2 Å². The number of tetrazole rings is 1. The molecule has 1 aromatic carbocycles. The Kier molecular flexibility index (Phi) is 3.99. The van der Waals surface area contributed by atoms with Crippen molar-refractivity contribution in [3.8, 4) is 28.2 Å². The molecule has 0 saturated carbocycles. The highest BCUT2D eigenvalue weighted by Gasteiger charge is 2.22. The van der Waals surface area contributed by atoms with Crippen molar-refractivity contribution in [3.63, 3.8) is 0 Å². The van der Waals surface area contributed by atoms with Crippen LogP contribution in [0.15, 0.2) is 48.9 Å². The van der Waals surface area contributed by atoms with Crippen LogP contribution in [0.4, 0.5) is 19.0 Å². The molecule has 0 aliphatic carbocycles.